The van der Waals surface area contributed by atoms with Crippen molar-refractivity contribution in [2.45, 2.75) is 0 Å². The number of nitrogens with one attached hydrogen (secondary N) is 3. The molecular formula is C21H15ClN4O4S. The fourth-order valence-corrected chi connectivity index (χ4v) is 2.98. The van der Waals surface area contributed by atoms with Crippen molar-refractivity contribution in [2.75, 3.05) is 10.6 Å². The lowest BCUT2D eigenvalue weighted by atomic mass is 10.2. The van der Waals surface area contributed by atoms with E-state index in [1.54, 1.807) is 48.5 Å². The Balaban J connectivity index is 1.56. The van der Waals surface area contributed by atoms with Crippen LogP contribution in [0.4, 0.5) is 17.1 Å². The van der Waals surface area contributed by atoms with Crippen LogP contribution in [0.1, 0.15) is 20.7 Å². The van der Waals surface area contributed by atoms with Crippen LogP contribution in [0.25, 0.3) is 0 Å². The van der Waals surface area contributed by atoms with Gasteiger partial charge in [0.05, 0.1) is 15.5 Å². The monoisotopic (exact) mass is 454 g/mol. The average Bonchev–Trinajstić information content (AvgIpc) is 2.75. The SMILES string of the molecule is O=C(NC(=S)Nc1ccc(NC(=O)c2ccccc2Cl)cc1)c1ccc([N+](=O)[O-])cc1. The van der Waals surface area contributed by atoms with Crippen LogP contribution in [0.2, 0.25) is 5.02 Å². The van der Waals surface area contributed by atoms with E-state index in [0.717, 1.165) is 0 Å². The quantitative estimate of drug-likeness (QED) is 0.294. The van der Waals surface area contributed by atoms with Crippen LogP contribution < -0.4 is 16.0 Å². The molecule has 2 amide bonds. The summed E-state index contributed by atoms with van der Waals surface area (Å²) in [5.41, 5.74) is 1.62. The lowest BCUT2D eigenvalue weighted by Gasteiger charge is -2.11. The molecule has 0 aliphatic rings. The van der Waals surface area contributed by atoms with Gasteiger partial charge < -0.3 is 10.6 Å². The highest BCUT2D eigenvalue weighted by Crippen LogP contribution is 2.19. The summed E-state index contributed by atoms with van der Waals surface area (Å²) < 4.78 is 0. The highest BCUT2D eigenvalue weighted by molar-refractivity contribution is 7.80. The first-order valence-electron chi connectivity index (χ1n) is 8.86. The van der Waals surface area contributed by atoms with E-state index in [1.165, 1.54) is 24.3 Å². The molecule has 3 aromatic rings. The van der Waals surface area contributed by atoms with E-state index in [4.69, 9.17) is 23.8 Å². The minimum atomic E-state index is -0.547. The second kappa shape index (κ2) is 9.79. The first kappa shape index (κ1) is 21.9. The van der Waals surface area contributed by atoms with Crippen molar-refractivity contribution in [1.82, 2.24) is 5.32 Å². The molecule has 0 radical (unpaired) electrons. The fourth-order valence-electron chi connectivity index (χ4n) is 2.55. The number of anilines is 2. The molecule has 0 aliphatic heterocycles. The van der Waals surface area contributed by atoms with Crippen LogP contribution in [-0.2, 0) is 0 Å². The topological polar surface area (TPSA) is 113 Å². The lowest BCUT2D eigenvalue weighted by Crippen LogP contribution is -2.34. The maximum Gasteiger partial charge on any atom is 0.269 e. The summed E-state index contributed by atoms with van der Waals surface area (Å²) in [5, 5.41) is 19.2. The van der Waals surface area contributed by atoms with Gasteiger partial charge in [0.1, 0.15) is 0 Å². The van der Waals surface area contributed by atoms with Gasteiger partial charge >= 0.3 is 0 Å². The maximum absolute atomic E-state index is 12.3. The number of nitro groups is 1. The van der Waals surface area contributed by atoms with Gasteiger partial charge in [0, 0.05) is 29.1 Å². The van der Waals surface area contributed by atoms with E-state index >= 15 is 0 Å². The molecule has 0 saturated carbocycles. The predicted octanol–water partition coefficient (Wildman–Crippen LogP) is 4.63. The van der Waals surface area contributed by atoms with E-state index in [9.17, 15) is 19.7 Å². The van der Waals surface area contributed by atoms with E-state index in [-0.39, 0.29) is 22.3 Å². The Kier molecular flexibility index (Phi) is 6.91. The number of rotatable bonds is 5. The number of hydrogen-bond acceptors (Lipinski definition) is 5. The zero-order chi connectivity index (χ0) is 22.4. The zero-order valence-electron chi connectivity index (χ0n) is 15.8. The summed E-state index contributed by atoms with van der Waals surface area (Å²) >= 11 is 11.2. The number of thiocarbonyl (C=S) groups is 1. The molecule has 8 nitrogen and oxygen atoms in total. The average molecular weight is 455 g/mol. The Morgan fingerprint density at radius 1 is 0.839 bits per heavy atom. The highest BCUT2D eigenvalue weighted by atomic mass is 35.5. The Labute approximate surface area is 187 Å². The molecular weight excluding hydrogens is 440 g/mol. The molecule has 0 bridgehead atoms. The van der Waals surface area contributed by atoms with Crippen LogP contribution in [0.15, 0.2) is 72.8 Å². The van der Waals surface area contributed by atoms with E-state index in [2.05, 4.69) is 16.0 Å². The molecule has 3 rings (SSSR count). The number of non-ortho nitro benzene ring substituents is 1. The van der Waals surface area contributed by atoms with Gasteiger partial charge in [-0.2, -0.15) is 0 Å². The third kappa shape index (κ3) is 5.84. The number of amides is 2. The summed E-state index contributed by atoms with van der Waals surface area (Å²) in [4.78, 5) is 34.6. The molecule has 0 heterocycles. The standard InChI is InChI=1S/C21H15ClN4O4S/c22-18-4-2-1-3-17(18)20(28)23-14-7-9-15(10-8-14)24-21(31)25-19(27)13-5-11-16(12-6-13)26(29)30/h1-12H,(H,23,28)(H2,24,25,27,31). The zero-order valence-corrected chi connectivity index (χ0v) is 17.4. The summed E-state index contributed by atoms with van der Waals surface area (Å²) in [6, 6.07) is 18.5. The van der Waals surface area contributed by atoms with Crippen molar-refractivity contribution in [2.24, 2.45) is 0 Å². The third-order valence-corrected chi connectivity index (χ3v) is 4.62. The molecule has 0 fully saturated rings. The molecule has 0 atom stereocenters. The van der Waals surface area contributed by atoms with Gasteiger partial charge in [-0.3, -0.25) is 25.0 Å². The van der Waals surface area contributed by atoms with Crippen molar-refractivity contribution < 1.29 is 14.5 Å². The van der Waals surface area contributed by atoms with Crippen LogP contribution in [-0.4, -0.2) is 21.9 Å². The molecule has 0 aliphatic carbocycles. The molecule has 3 aromatic carbocycles. The molecule has 156 valence electrons. The second-order valence-corrected chi connectivity index (χ2v) is 7.04. The number of nitro benzene ring substituents is 1. The maximum atomic E-state index is 12.3. The van der Waals surface area contributed by atoms with Crippen molar-refractivity contribution in [3.63, 3.8) is 0 Å². The summed E-state index contributed by atoms with van der Waals surface area (Å²) in [7, 11) is 0. The molecule has 10 heteroatoms. The van der Waals surface area contributed by atoms with Crippen LogP contribution in [0.3, 0.4) is 0 Å². The molecule has 0 spiro atoms. The Morgan fingerprint density at radius 3 is 2.00 bits per heavy atom. The largest absolute Gasteiger partial charge is 0.332 e. The van der Waals surface area contributed by atoms with Crippen LogP contribution in [0, 0.1) is 10.1 Å². The molecule has 31 heavy (non-hydrogen) atoms. The first-order chi connectivity index (χ1) is 14.8. The number of nitrogens with zero attached hydrogens (tertiary/aromatic N) is 1. The van der Waals surface area contributed by atoms with Crippen molar-refractivity contribution in [1.29, 1.82) is 0 Å². The Bertz CT molecular complexity index is 1150. The Morgan fingerprint density at radius 2 is 1.42 bits per heavy atom. The minimum Gasteiger partial charge on any atom is -0.332 e. The van der Waals surface area contributed by atoms with Gasteiger partial charge in [0.25, 0.3) is 17.5 Å². The number of carbonyl (C=O) groups is 2. The van der Waals surface area contributed by atoms with Gasteiger partial charge in [-0.15, -0.1) is 0 Å². The van der Waals surface area contributed by atoms with Crippen LogP contribution >= 0.6 is 23.8 Å². The number of benzene rings is 3. The van der Waals surface area contributed by atoms with E-state index in [0.29, 0.717) is 22.0 Å². The van der Waals surface area contributed by atoms with Gasteiger partial charge in [-0.1, -0.05) is 23.7 Å². The summed E-state index contributed by atoms with van der Waals surface area (Å²) in [5.74, 6) is -0.840. The Hall–Kier alpha value is -3.82. The predicted molar refractivity (Wildman–Crippen MR) is 123 cm³/mol. The normalized spacial score (nSPS) is 10.1. The summed E-state index contributed by atoms with van der Waals surface area (Å²) in [6.07, 6.45) is 0. The first-order valence-corrected chi connectivity index (χ1v) is 9.65. The van der Waals surface area contributed by atoms with Crippen molar-refractivity contribution >= 4 is 57.8 Å². The van der Waals surface area contributed by atoms with E-state index < -0.39 is 10.8 Å². The smallest absolute Gasteiger partial charge is 0.269 e. The molecule has 0 saturated heterocycles. The molecule has 0 aromatic heterocycles. The van der Waals surface area contributed by atoms with Gasteiger partial charge in [0.2, 0.25) is 0 Å². The minimum absolute atomic E-state index is 0.0520. The van der Waals surface area contributed by atoms with E-state index in [1.807, 2.05) is 0 Å². The number of halogens is 1. The fraction of sp³-hybridized carbons (Fsp3) is 0. The molecule has 3 N–H and O–H groups in total. The second-order valence-electron chi connectivity index (χ2n) is 6.22. The van der Waals surface area contributed by atoms with Crippen LogP contribution in [0.5, 0.6) is 0 Å². The van der Waals surface area contributed by atoms with Gasteiger partial charge in [-0.05, 0) is 60.7 Å². The number of hydrogen-bond donors (Lipinski definition) is 3. The summed E-state index contributed by atoms with van der Waals surface area (Å²) in [6.45, 7) is 0. The lowest BCUT2D eigenvalue weighted by molar-refractivity contribution is -0.384. The van der Waals surface area contributed by atoms with Crippen molar-refractivity contribution in [3.05, 3.63) is 99.1 Å². The van der Waals surface area contributed by atoms with Gasteiger partial charge in [0.15, 0.2) is 5.11 Å². The third-order valence-electron chi connectivity index (χ3n) is 4.09. The molecule has 0 unspecified atom stereocenters. The number of carbonyl (C=O) groups excluding carboxylic acids is 2. The van der Waals surface area contributed by atoms with Crippen molar-refractivity contribution in [3.8, 4) is 0 Å². The van der Waals surface area contributed by atoms with Gasteiger partial charge in [-0.25, -0.2) is 0 Å². The highest BCUT2D eigenvalue weighted by Gasteiger charge is 2.12.